The minimum Gasteiger partial charge on any atom is -0.478 e. The Morgan fingerprint density at radius 2 is 2.12 bits per heavy atom. The standard InChI is InChI=1S/C19H21N3O3/c23-18(17-15-7-2-8-16(15)20-21-17)22-9-3-6-14(11-22)12-4-1-5-13(10-12)19(24)25/h1,4-5,10,14H,2-3,6-9,11H2,(H,20,21)(H,24,25)/t14-/m0/s1. The Kier molecular flexibility index (Phi) is 4.03. The summed E-state index contributed by atoms with van der Waals surface area (Å²) in [4.78, 5) is 26.0. The zero-order valence-electron chi connectivity index (χ0n) is 14.0. The van der Waals surface area contributed by atoms with Gasteiger partial charge < -0.3 is 10.0 Å². The van der Waals surface area contributed by atoms with E-state index in [1.165, 1.54) is 0 Å². The van der Waals surface area contributed by atoms with E-state index in [1.54, 1.807) is 18.2 Å². The molecule has 1 aliphatic heterocycles. The fourth-order valence-electron chi connectivity index (χ4n) is 4.01. The summed E-state index contributed by atoms with van der Waals surface area (Å²) in [6, 6.07) is 7.06. The number of H-pyrrole nitrogens is 1. The van der Waals surface area contributed by atoms with Crippen molar-refractivity contribution in [1.82, 2.24) is 15.1 Å². The summed E-state index contributed by atoms with van der Waals surface area (Å²) in [7, 11) is 0. The fourth-order valence-corrected chi connectivity index (χ4v) is 4.01. The molecule has 6 heteroatoms. The number of aryl methyl sites for hydroxylation is 1. The highest BCUT2D eigenvalue weighted by Gasteiger charge is 2.30. The van der Waals surface area contributed by atoms with Crippen molar-refractivity contribution in [2.24, 2.45) is 0 Å². The molecule has 1 amide bonds. The Hall–Kier alpha value is -2.63. The first kappa shape index (κ1) is 15.9. The number of hydrogen-bond acceptors (Lipinski definition) is 3. The van der Waals surface area contributed by atoms with Gasteiger partial charge in [0.2, 0.25) is 0 Å². The average molecular weight is 339 g/mol. The van der Waals surface area contributed by atoms with Crippen LogP contribution in [0.25, 0.3) is 0 Å². The van der Waals surface area contributed by atoms with E-state index in [9.17, 15) is 14.7 Å². The summed E-state index contributed by atoms with van der Waals surface area (Å²) < 4.78 is 0. The van der Waals surface area contributed by atoms with Gasteiger partial charge in [-0.2, -0.15) is 5.10 Å². The average Bonchev–Trinajstić information content (AvgIpc) is 3.25. The lowest BCUT2D eigenvalue weighted by molar-refractivity contribution is 0.0685. The number of aromatic amines is 1. The Balaban J connectivity index is 1.54. The van der Waals surface area contributed by atoms with Crippen molar-refractivity contribution >= 4 is 11.9 Å². The number of benzene rings is 1. The maximum atomic E-state index is 12.9. The second-order valence-electron chi connectivity index (χ2n) is 6.90. The van der Waals surface area contributed by atoms with Gasteiger partial charge in [-0.05, 0) is 49.8 Å². The lowest BCUT2D eigenvalue weighted by Crippen LogP contribution is -2.39. The monoisotopic (exact) mass is 339 g/mol. The number of fused-ring (bicyclic) bond motifs is 1. The van der Waals surface area contributed by atoms with Crippen LogP contribution in [0.1, 0.15) is 62.8 Å². The minimum atomic E-state index is -0.919. The number of carbonyl (C=O) groups is 2. The van der Waals surface area contributed by atoms with E-state index in [0.29, 0.717) is 17.8 Å². The molecule has 0 bridgehead atoms. The van der Waals surface area contributed by atoms with Crippen LogP contribution in [0.4, 0.5) is 0 Å². The van der Waals surface area contributed by atoms with Gasteiger partial charge in [-0.1, -0.05) is 12.1 Å². The smallest absolute Gasteiger partial charge is 0.335 e. The number of hydrogen-bond donors (Lipinski definition) is 2. The first-order valence-corrected chi connectivity index (χ1v) is 8.82. The lowest BCUT2D eigenvalue weighted by Gasteiger charge is -2.33. The van der Waals surface area contributed by atoms with Crippen LogP contribution < -0.4 is 0 Å². The second-order valence-corrected chi connectivity index (χ2v) is 6.90. The van der Waals surface area contributed by atoms with Crippen LogP contribution in [0.5, 0.6) is 0 Å². The van der Waals surface area contributed by atoms with Crippen molar-refractivity contribution in [3.05, 3.63) is 52.3 Å². The topological polar surface area (TPSA) is 86.3 Å². The van der Waals surface area contributed by atoms with Crippen molar-refractivity contribution in [3.8, 4) is 0 Å². The summed E-state index contributed by atoms with van der Waals surface area (Å²) in [6.45, 7) is 1.35. The Morgan fingerprint density at radius 3 is 2.96 bits per heavy atom. The van der Waals surface area contributed by atoms with Crippen LogP contribution in [0.15, 0.2) is 24.3 Å². The van der Waals surface area contributed by atoms with Gasteiger partial charge in [0, 0.05) is 30.3 Å². The van der Waals surface area contributed by atoms with Crippen molar-refractivity contribution in [2.45, 2.75) is 38.0 Å². The van der Waals surface area contributed by atoms with Crippen LogP contribution in [0, 0.1) is 0 Å². The van der Waals surface area contributed by atoms with E-state index < -0.39 is 5.97 Å². The number of nitrogens with one attached hydrogen (secondary N) is 1. The number of aromatic nitrogens is 2. The Labute approximate surface area is 145 Å². The molecule has 0 radical (unpaired) electrons. The number of aromatic carboxylic acids is 1. The minimum absolute atomic E-state index is 0.00140. The van der Waals surface area contributed by atoms with Crippen LogP contribution in [-0.2, 0) is 12.8 Å². The van der Waals surface area contributed by atoms with Gasteiger partial charge >= 0.3 is 5.97 Å². The van der Waals surface area contributed by atoms with E-state index in [1.807, 2.05) is 11.0 Å². The van der Waals surface area contributed by atoms with E-state index in [4.69, 9.17) is 0 Å². The third kappa shape index (κ3) is 2.92. The molecule has 1 fully saturated rings. The molecule has 2 aliphatic rings. The highest BCUT2D eigenvalue weighted by molar-refractivity contribution is 5.94. The molecule has 1 aliphatic carbocycles. The highest BCUT2D eigenvalue weighted by atomic mass is 16.4. The molecule has 1 atom stereocenters. The summed E-state index contributed by atoms with van der Waals surface area (Å²) in [5.41, 5.74) is 4.05. The number of carbonyl (C=O) groups excluding carboxylic acids is 1. The van der Waals surface area contributed by atoms with E-state index in [0.717, 1.165) is 55.5 Å². The largest absolute Gasteiger partial charge is 0.478 e. The van der Waals surface area contributed by atoms with Crippen molar-refractivity contribution in [1.29, 1.82) is 0 Å². The maximum Gasteiger partial charge on any atom is 0.335 e. The summed E-state index contributed by atoms with van der Waals surface area (Å²) in [5, 5.41) is 16.4. The summed E-state index contributed by atoms with van der Waals surface area (Å²) in [6.07, 6.45) is 4.85. The molecule has 25 heavy (non-hydrogen) atoms. The zero-order chi connectivity index (χ0) is 17.4. The number of likely N-dealkylation sites (tertiary alicyclic amines) is 1. The van der Waals surface area contributed by atoms with Gasteiger partial charge in [-0.15, -0.1) is 0 Å². The zero-order valence-corrected chi connectivity index (χ0v) is 14.0. The maximum absolute atomic E-state index is 12.9. The number of carboxylic acids is 1. The van der Waals surface area contributed by atoms with Gasteiger partial charge in [0.1, 0.15) is 0 Å². The summed E-state index contributed by atoms with van der Waals surface area (Å²) >= 11 is 0. The number of piperidine rings is 1. The predicted octanol–water partition coefficient (Wildman–Crippen LogP) is 2.62. The Morgan fingerprint density at radius 1 is 1.24 bits per heavy atom. The van der Waals surface area contributed by atoms with Crippen LogP contribution in [0.2, 0.25) is 0 Å². The molecule has 0 spiro atoms. The van der Waals surface area contributed by atoms with Gasteiger partial charge in [0.25, 0.3) is 5.91 Å². The molecular weight excluding hydrogens is 318 g/mol. The van der Waals surface area contributed by atoms with Crippen molar-refractivity contribution in [3.63, 3.8) is 0 Å². The first-order chi connectivity index (χ1) is 12.1. The second kappa shape index (κ2) is 6.35. The molecule has 0 saturated carbocycles. The molecule has 2 heterocycles. The quantitative estimate of drug-likeness (QED) is 0.900. The third-order valence-electron chi connectivity index (χ3n) is 5.32. The molecule has 1 aromatic carbocycles. The van der Waals surface area contributed by atoms with Gasteiger partial charge in [0.05, 0.1) is 5.56 Å². The van der Waals surface area contributed by atoms with Crippen LogP contribution in [0.3, 0.4) is 0 Å². The molecule has 130 valence electrons. The molecule has 1 aromatic heterocycles. The molecule has 0 unspecified atom stereocenters. The number of rotatable bonds is 3. The predicted molar refractivity (Wildman–Crippen MR) is 91.9 cm³/mol. The number of amides is 1. The third-order valence-corrected chi connectivity index (χ3v) is 5.32. The van der Waals surface area contributed by atoms with Crippen LogP contribution >= 0.6 is 0 Å². The highest BCUT2D eigenvalue weighted by Crippen LogP contribution is 2.30. The van der Waals surface area contributed by atoms with Gasteiger partial charge in [0.15, 0.2) is 5.69 Å². The van der Waals surface area contributed by atoms with Crippen molar-refractivity contribution < 1.29 is 14.7 Å². The molecule has 2 aromatic rings. The van der Waals surface area contributed by atoms with E-state index in [-0.39, 0.29) is 11.8 Å². The van der Waals surface area contributed by atoms with E-state index in [2.05, 4.69) is 10.2 Å². The number of nitrogens with zero attached hydrogens (tertiary/aromatic N) is 2. The molecule has 2 N–H and O–H groups in total. The fraction of sp³-hybridized carbons (Fsp3) is 0.421. The van der Waals surface area contributed by atoms with E-state index >= 15 is 0 Å². The Bertz CT molecular complexity index is 827. The number of carboxylic acid groups (broad SMARTS) is 1. The molecule has 6 nitrogen and oxygen atoms in total. The van der Waals surface area contributed by atoms with Gasteiger partial charge in [-0.3, -0.25) is 9.89 Å². The summed E-state index contributed by atoms with van der Waals surface area (Å²) in [5.74, 6) is -0.750. The van der Waals surface area contributed by atoms with Crippen LogP contribution in [-0.4, -0.2) is 45.2 Å². The molecule has 4 rings (SSSR count). The molecule has 1 saturated heterocycles. The SMILES string of the molecule is O=C(O)c1cccc([C@H]2CCCN(C(=O)c3n[nH]c4c3CCC4)C2)c1. The normalized spacial score (nSPS) is 19.7. The van der Waals surface area contributed by atoms with Crippen molar-refractivity contribution in [2.75, 3.05) is 13.1 Å². The first-order valence-electron chi connectivity index (χ1n) is 8.82. The molecular formula is C19H21N3O3. The van der Waals surface area contributed by atoms with Gasteiger partial charge in [-0.25, -0.2) is 4.79 Å². The lowest BCUT2D eigenvalue weighted by atomic mass is 9.89.